The maximum Gasteiger partial charge on any atom is 0.0178 e. The third-order valence-corrected chi connectivity index (χ3v) is 2.66. The minimum Gasteiger partial charge on any atom is -0.326 e. The van der Waals surface area contributed by atoms with Crippen LogP contribution >= 0.6 is 0 Å². The molecule has 0 saturated heterocycles. The van der Waals surface area contributed by atoms with Crippen LogP contribution in [0.5, 0.6) is 0 Å². The van der Waals surface area contributed by atoms with Crippen LogP contribution in [0.4, 0.5) is 0 Å². The molecule has 0 unspecified atom stereocenters. The maximum atomic E-state index is 5.65. The van der Waals surface area contributed by atoms with Gasteiger partial charge in [0.15, 0.2) is 0 Å². The van der Waals surface area contributed by atoms with E-state index in [1.165, 1.54) is 11.1 Å². The van der Waals surface area contributed by atoms with Crippen molar-refractivity contribution in [2.24, 2.45) is 5.73 Å². The van der Waals surface area contributed by atoms with Crippen molar-refractivity contribution in [1.82, 2.24) is 4.90 Å². The fraction of sp³-hybridized carbons (Fsp3) is 0.538. The molecular formula is C13H22N2. The summed E-state index contributed by atoms with van der Waals surface area (Å²) in [6.45, 7) is 6.19. The first-order chi connectivity index (χ1) is 6.95. The maximum absolute atomic E-state index is 5.65. The molecule has 1 aromatic rings. The van der Waals surface area contributed by atoms with E-state index in [1.54, 1.807) is 0 Å². The standard InChI is InChI=1S/C13H22N2/c1-13(2,10-15(3)4)12-7-5-6-11(8-12)9-14/h5-8H,9-10,14H2,1-4H3. The molecule has 15 heavy (non-hydrogen) atoms. The molecule has 0 aromatic heterocycles. The average Bonchev–Trinajstić information content (AvgIpc) is 2.16. The van der Waals surface area contributed by atoms with E-state index < -0.39 is 0 Å². The van der Waals surface area contributed by atoms with E-state index >= 15 is 0 Å². The van der Waals surface area contributed by atoms with Gasteiger partial charge < -0.3 is 10.6 Å². The van der Waals surface area contributed by atoms with Gasteiger partial charge in [-0.2, -0.15) is 0 Å². The van der Waals surface area contributed by atoms with E-state index in [4.69, 9.17) is 5.73 Å². The van der Waals surface area contributed by atoms with Crippen LogP contribution in [0.3, 0.4) is 0 Å². The van der Waals surface area contributed by atoms with Crippen molar-refractivity contribution in [3.63, 3.8) is 0 Å². The molecule has 1 aromatic carbocycles. The van der Waals surface area contributed by atoms with Gasteiger partial charge in [0.2, 0.25) is 0 Å². The van der Waals surface area contributed by atoms with Crippen LogP contribution in [-0.2, 0) is 12.0 Å². The zero-order valence-electron chi connectivity index (χ0n) is 10.2. The highest BCUT2D eigenvalue weighted by molar-refractivity contribution is 5.29. The van der Waals surface area contributed by atoms with Gasteiger partial charge in [0.05, 0.1) is 0 Å². The molecule has 2 nitrogen and oxygen atoms in total. The van der Waals surface area contributed by atoms with Crippen molar-refractivity contribution in [3.05, 3.63) is 35.4 Å². The molecule has 84 valence electrons. The summed E-state index contributed by atoms with van der Waals surface area (Å²) in [5, 5.41) is 0. The number of hydrogen-bond donors (Lipinski definition) is 1. The smallest absolute Gasteiger partial charge is 0.0178 e. The average molecular weight is 206 g/mol. The molecule has 0 radical (unpaired) electrons. The Hall–Kier alpha value is -0.860. The van der Waals surface area contributed by atoms with Crippen LogP contribution in [-0.4, -0.2) is 25.5 Å². The van der Waals surface area contributed by atoms with E-state index in [0.29, 0.717) is 6.54 Å². The second kappa shape index (κ2) is 4.77. The zero-order chi connectivity index (χ0) is 11.5. The largest absolute Gasteiger partial charge is 0.326 e. The molecule has 0 aliphatic carbocycles. The first-order valence-electron chi connectivity index (χ1n) is 5.40. The highest BCUT2D eigenvalue weighted by Gasteiger charge is 2.21. The summed E-state index contributed by atoms with van der Waals surface area (Å²) in [5.74, 6) is 0. The van der Waals surface area contributed by atoms with Gasteiger partial charge in [-0.15, -0.1) is 0 Å². The number of likely N-dealkylation sites (N-methyl/N-ethyl adjacent to an activating group) is 1. The van der Waals surface area contributed by atoms with Crippen LogP contribution in [0.25, 0.3) is 0 Å². The minimum absolute atomic E-state index is 0.175. The molecule has 0 bridgehead atoms. The Morgan fingerprint density at radius 1 is 1.27 bits per heavy atom. The molecular weight excluding hydrogens is 184 g/mol. The number of benzene rings is 1. The summed E-state index contributed by atoms with van der Waals surface area (Å²) in [5.41, 5.74) is 8.40. The molecule has 2 heteroatoms. The molecule has 0 aliphatic heterocycles. The summed E-state index contributed by atoms with van der Waals surface area (Å²) in [7, 11) is 4.21. The molecule has 0 aliphatic rings. The number of rotatable bonds is 4. The lowest BCUT2D eigenvalue weighted by Crippen LogP contribution is -2.32. The Morgan fingerprint density at radius 2 is 1.93 bits per heavy atom. The fourth-order valence-corrected chi connectivity index (χ4v) is 2.00. The van der Waals surface area contributed by atoms with Crippen molar-refractivity contribution in [1.29, 1.82) is 0 Å². The normalized spacial score (nSPS) is 12.1. The second-order valence-corrected chi connectivity index (χ2v) is 5.03. The van der Waals surface area contributed by atoms with Crippen molar-refractivity contribution in [2.45, 2.75) is 25.8 Å². The molecule has 0 amide bonds. The van der Waals surface area contributed by atoms with Crippen LogP contribution < -0.4 is 5.73 Å². The van der Waals surface area contributed by atoms with Crippen molar-refractivity contribution < 1.29 is 0 Å². The lowest BCUT2D eigenvalue weighted by molar-refractivity contribution is 0.315. The third-order valence-electron chi connectivity index (χ3n) is 2.66. The van der Waals surface area contributed by atoms with Gasteiger partial charge in [-0.1, -0.05) is 38.1 Å². The summed E-state index contributed by atoms with van der Waals surface area (Å²) in [4.78, 5) is 2.22. The molecule has 0 fully saturated rings. The Balaban J connectivity index is 2.93. The number of nitrogens with zero attached hydrogens (tertiary/aromatic N) is 1. The van der Waals surface area contributed by atoms with Crippen molar-refractivity contribution >= 4 is 0 Å². The first kappa shape index (κ1) is 12.2. The van der Waals surface area contributed by atoms with E-state index in [0.717, 1.165) is 6.54 Å². The van der Waals surface area contributed by atoms with E-state index in [2.05, 4.69) is 57.1 Å². The van der Waals surface area contributed by atoms with Crippen molar-refractivity contribution in [3.8, 4) is 0 Å². The number of nitrogens with two attached hydrogens (primary N) is 1. The lowest BCUT2D eigenvalue weighted by Gasteiger charge is -2.29. The molecule has 2 N–H and O–H groups in total. The van der Waals surface area contributed by atoms with Crippen LogP contribution in [0.2, 0.25) is 0 Å². The SMILES string of the molecule is CN(C)CC(C)(C)c1cccc(CN)c1. The quantitative estimate of drug-likeness (QED) is 0.816. The van der Waals surface area contributed by atoms with Gasteiger partial charge in [0.25, 0.3) is 0 Å². The predicted molar refractivity (Wildman–Crippen MR) is 65.9 cm³/mol. The molecule has 0 heterocycles. The van der Waals surface area contributed by atoms with E-state index in [1.807, 2.05) is 0 Å². The van der Waals surface area contributed by atoms with E-state index in [9.17, 15) is 0 Å². The summed E-state index contributed by atoms with van der Waals surface area (Å²) < 4.78 is 0. The summed E-state index contributed by atoms with van der Waals surface area (Å²) in [6.07, 6.45) is 0. The van der Waals surface area contributed by atoms with Crippen LogP contribution in [0, 0.1) is 0 Å². The highest BCUT2D eigenvalue weighted by atomic mass is 15.1. The fourth-order valence-electron chi connectivity index (χ4n) is 2.00. The van der Waals surface area contributed by atoms with E-state index in [-0.39, 0.29) is 5.41 Å². The Bertz CT molecular complexity index is 316. The third kappa shape index (κ3) is 3.33. The highest BCUT2D eigenvalue weighted by Crippen LogP contribution is 2.24. The van der Waals surface area contributed by atoms with Crippen LogP contribution in [0.15, 0.2) is 24.3 Å². The Morgan fingerprint density at radius 3 is 2.47 bits per heavy atom. The van der Waals surface area contributed by atoms with Gasteiger partial charge in [0, 0.05) is 18.5 Å². The van der Waals surface area contributed by atoms with Gasteiger partial charge in [-0.05, 0) is 25.2 Å². The summed E-state index contributed by atoms with van der Waals surface area (Å²) in [6, 6.07) is 8.57. The van der Waals surface area contributed by atoms with Crippen molar-refractivity contribution in [2.75, 3.05) is 20.6 Å². The molecule has 0 atom stereocenters. The lowest BCUT2D eigenvalue weighted by atomic mass is 9.83. The Kier molecular flexibility index (Phi) is 3.89. The predicted octanol–water partition coefficient (Wildman–Crippen LogP) is 1.98. The van der Waals surface area contributed by atoms with Gasteiger partial charge in [-0.3, -0.25) is 0 Å². The van der Waals surface area contributed by atoms with Gasteiger partial charge >= 0.3 is 0 Å². The molecule has 0 saturated carbocycles. The topological polar surface area (TPSA) is 29.3 Å². The first-order valence-corrected chi connectivity index (χ1v) is 5.40. The number of hydrogen-bond acceptors (Lipinski definition) is 2. The second-order valence-electron chi connectivity index (χ2n) is 5.03. The minimum atomic E-state index is 0.175. The Labute approximate surface area is 93.1 Å². The van der Waals surface area contributed by atoms with Gasteiger partial charge in [0.1, 0.15) is 0 Å². The zero-order valence-corrected chi connectivity index (χ0v) is 10.2. The molecule has 0 spiro atoms. The molecule has 1 rings (SSSR count). The van der Waals surface area contributed by atoms with Crippen LogP contribution in [0.1, 0.15) is 25.0 Å². The van der Waals surface area contributed by atoms with Gasteiger partial charge in [-0.25, -0.2) is 0 Å². The monoisotopic (exact) mass is 206 g/mol. The summed E-state index contributed by atoms with van der Waals surface area (Å²) >= 11 is 0.